The fraction of sp³-hybridized carbons (Fsp3) is 1.00. The Morgan fingerprint density at radius 2 is 1.15 bits per heavy atom. The van der Waals surface area contributed by atoms with Crippen LogP contribution < -0.4 is 0 Å². The molecule has 198 valence electrons. The minimum atomic E-state index is 0.547. The summed E-state index contributed by atoms with van der Waals surface area (Å²) in [5.41, 5.74) is 0. The van der Waals surface area contributed by atoms with E-state index in [1.54, 1.807) is 7.11 Å². The molecule has 0 aliphatic carbocycles. The summed E-state index contributed by atoms with van der Waals surface area (Å²) in [6.07, 6.45) is 10.7. The monoisotopic (exact) mass is 471 g/mol. The number of hydrogen-bond donors (Lipinski definition) is 0. The normalized spacial score (nSPS) is 22.4. The van der Waals surface area contributed by atoms with Crippen molar-refractivity contribution in [1.82, 2.24) is 14.7 Å². The smallest absolute Gasteiger partial charge is 0.0599 e. The Kier molecular flexibility index (Phi) is 18.7. The van der Waals surface area contributed by atoms with E-state index in [1.807, 2.05) is 0 Å². The lowest BCUT2D eigenvalue weighted by Gasteiger charge is -2.28. The van der Waals surface area contributed by atoms with Crippen molar-refractivity contribution in [3.05, 3.63) is 0 Å². The SMILES string of the molecule is CCCOC1CCN(C)CC1.CCOCC1CCN(C)CC1.COCCC1CCN(C)CC1. The maximum atomic E-state index is 5.65. The van der Waals surface area contributed by atoms with Crippen molar-refractivity contribution in [3.8, 4) is 0 Å². The lowest BCUT2D eigenvalue weighted by molar-refractivity contribution is 0.0129. The second-order valence-corrected chi connectivity index (χ2v) is 10.3. The second kappa shape index (κ2) is 20.0. The maximum absolute atomic E-state index is 5.65. The summed E-state index contributed by atoms with van der Waals surface area (Å²) in [4.78, 5) is 7.16. The maximum Gasteiger partial charge on any atom is 0.0599 e. The first-order valence-corrected chi connectivity index (χ1v) is 13.7. The molecular weight excluding hydrogens is 414 g/mol. The summed E-state index contributed by atoms with van der Waals surface area (Å²) in [5.74, 6) is 1.75. The molecule has 0 amide bonds. The third kappa shape index (κ3) is 16.1. The number of rotatable bonds is 9. The minimum Gasteiger partial charge on any atom is -0.385 e. The van der Waals surface area contributed by atoms with E-state index in [4.69, 9.17) is 14.2 Å². The topological polar surface area (TPSA) is 37.4 Å². The van der Waals surface area contributed by atoms with Crippen molar-refractivity contribution in [2.24, 2.45) is 11.8 Å². The molecule has 0 atom stereocenters. The van der Waals surface area contributed by atoms with Gasteiger partial charge in [0.25, 0.3) is 0 Å². The van der Waals surface area contributed by atoms with Gasteiger partial charge in [-0.05, 0) is 117 Å². The van der Waals surface area contributed by atoms with Crippen molar-refractivity contribution < 1.29 is 14.2 Å². The Morgan fingerprint density at radius 1 is 0.667 bits per heavy atom. The first-order chi connectivity index (χ1) is 16.0. The summed E-state index contributed by atoms with van der Waals surface area (Å²) in [7, 11) is 8.36. The number of nitrogens with zero attached hydrogens (tertiary/aromatic N) is 3. The zero-order valence-electron chi connectivity index (χ0n) is 23.0. The van der Waals surface area contributed by atoms with Crippen LogP contribution in [0.15, 0.2) is 0 Å². The Bertz CT molecular complexity index is 347. The molecule has 0 bridgehead atoms. The Balaban J connectivity index is 0.000000247. The highest BCUT2D eigenvalue weighted by atomic mass is 16.5. The molecule has 6 heteroatoms. The molecule has 0 aromatic carbocycles. The summed E-state index contributed by atoms with van der Waals surface area (Å²) >= 11 is 0. The van der Waals surface area contributed by atoms with Crippen molar-refractivity contribution in [3.63, 3.8) is 0 Å². The third-order valence-electron chi connectivity index (χ3n) is 7.19. The van der Waals surface area contributed by atoms with E-state index in [9.17, 15) is 0 Å². The van der Waals surface area contributed by atoms with E-state index in [0.29, 0.717) is 6.10 Å². The Morgan fingerprint density at radius 3 is 1.61 bits per heavy atom. The van der Waals surface area contributed by atoms with Gasteiger partial charge in [0.2, 0.25) is 0 Å². The average Bonchev–Trinajstić information content (AvgIpc) is 2.84. The minimum absolute atomic E-state index is 0.547. The van der Waals surface area contributed by atoms with Gasteiger partial charge in [0.1, 0.15) is 0 Å². The molecule has 0 N–H and O–H groups in total. The summed E-state index contributed by atoms with van der Waals surface area (Å²) in [6.45, 7) is 15.4. The van der Waals surface area contributed by atoms with Crippen LogP contribution in [-0.4, -0.2) is 115 Å². The Hall–Kier alpha value is -0.240. The van der Waals surface area contributed by atoms with Gasteiger partial charge in [0, 0.05) is 46.6 Å². The largest absolute Gasteiger partial charge is 0.385 e. The molecule has 3 aliphatic rings. The fourth-order valence-electron chi connectivity index (χ4n) is 4.58. The van der Waals surface area contributed by atoms with Crippen LogP contribution in [0.25, 0.3) is 0 Å². The average molecular weight is 472 g/mol. The van der Waals surface area contributed by atoms with Crippen LogP contribution >= 0.6 is 0 Å². The van der Waals surface area contributed by atoms with Gasteiger partial charge < -0.3 is 28.9 Å². The first-order valence-electron chi connectivity index (χ1n) is 13.7. The molecule has 3 saturated heterocycles. The molecule has 0 aromatic heterocycles. The van der Waals surface area contributed by atoms with Crippen LogP contribution in [0.3, 0.4) is 0 Å². The highest BCUT2D eigenvalue weighted by molar-refractivity contribution is 4.71. The standard InChI is InChI=1S/3C9H19NO/c1-10-6-3-9(4-7-10)5-8-11-2;1-3-11-8-9-4-6-10(2)7-5-9;1-3-8-11-9-4-6-10(2)7-5-9/h3*9H,3-8H2,1-2H3. The Labute approximate surface area is 206 Å². The van der Waals surface area contributed by atoms with Crippen LogP contribution in [0.4, 0.5) is 0 Å². The fourth-order valence-corrected chi connectivity index (χ4v) is 4.58. The van der Waals surface area contributed by atoms with Crippen molar-refractivity contribution in [1.29, 1.82) is 0 Å². The first kappa shape index (κ1) is 30.8. The molecule has 0 unspecified atom stereocenters. The third-order valence-corrected chi connectivity index (χ3v) is 7.19. The van der Waals surface area contributed by atoms with Crippen molar-refractivity contribution in [2.45, 2.75) is 71.3 Å². The lowest BCUT2D eigenvalue weighted by Crippen LogP contribution is -2.34. The second-order valence-electron chi connectivity index (χ2n) is 10.3. The molecule has 0 radical (unpaired) electrons. The zero-order valence-corrected chi connectivity index (χ0v) is 23.0. The summed E-state index contributed by atoms with van der Waals surface area (Å²) in [6, 6.07) is 0. The predicted molar refractivity (Wildman–Crippen MR) is 140 cm³/mol. The highest BCUT2D eigenvalue weighted by Gasteiger charge is 2.17. The van der Waals surface area contributed by atoms with Gasteiger partial charge in [-0.25, -0.2) is 0 Å². The molecule has 3 rings (SSSR count). The number of piperidine rings is 3. The van der Waals surface area contributed by atoms with Gasteiger partial charge in [-0.2, -0.15) is 0 Å². The van der Waals surface area contributed by atoms with Crippen LogP contribution in [-0.2, 0) is 14.2 Å². The number of likely N-dealkylation sites (tertiary alicyclic amines) is 3. The summed E-state index contributed by atoms with van der Waals surface area (Å²) < 4.78 is 16.1. The van der Waals surface area contributed by atoms with E-state index in [-0.39, 0.29) is 0 Å². The van der Waals surface area contributed by atoms with Crippen molar-refractivity contribution in [2.75, 3.05) is 93.9 Å². The van der Waals surface area contributed by atoms with E-state index in [1.165, 1.54) is 84.2 Å². The molecule has 3 fully saturated rings. The van der Waals surface area contributed by atoms with E-state index in [0.717, 1.165) is 44.7 Å². The molecule has 0 saturated carbocycles. The van der Waals surface area contributed by atoms with Gasteiger partial charge in [0.15, 0.2) is 0 Å². The number of hydrogen-bond acceptors (Lipinski definition) is 6. The molecule has 33 heavy (non-hydrogen) atoms. The highest BCUT2D eigenvalue weighted by Crippen LogP contribution is 2.19. The van der Waals surface area contributed by atoms with Gasteiger partial charge in [0.05, 0.1) is 6.10 Å². The van der Waals surface area contributed by atoms with Gasteiger partial charge >= 0.3 is 0 Å². The van der Waals surface area contributed by atoms with E-state index in [2.05, 4.69) is 49.7 Å². The molecule has 3 heterocycles. The number of methoxy groups -OCH3 is 1. The van der Waals surface area contributed by atoms with Crippen LogP contribution in [0.5, 0.6) is 0 Å². The quantitative estimate of drug-likeness (QED) is 0.501. The zero-order chi connectivity index (χ0) is 24.3. The van der Waals surface area contributed by atoms with Gasteiger partial charge in [-0.3, -0.25) is 0 Å². The number of ether oxygens (including phenoxy) is 3. The molecule has 3 aliphatic heterocycles. The van der Waals surface area contributed by atoms with Crippen molar-refractivity contribution >= 4 is 0 Å². The molecule has 6 nitrogen and oxygen atoms in total. The van der Waals surface area contributed by atoms with E-state index >= 15 is 0 Å². The predicted octanol–water partition coefficient (Wildman–Crippen LogP) is 4.24. The van der Waals surface area contributed by atoms with E-state index < -0.39 is 0 Å². The van der Waals surface area contributed by atoms with Crippen LogP contribution in [0, 0.1) is 11.8 Å². The summed E-state index contributed by atoms with van der Waals surface area (Å²) in [5, 5.41) is 0. The van der Waals surface area contributed by atoms with Gasteiger partial charge in [-0.1, -0.05) is 6.92 Å². The molecule has 0 spiro atoms. The van der Waals surface area contributed by atoms with Gasteiger partial charge in [-0.15, -0.1) is 0 Å². The lowest BCUT2D eigenvalue weighted by atomic mass is 9.94. The van der Waals surface area contributed by atoms with Crippen LogP contribution in [0.2, 0.25) is 0 Å². The van der Waals surface area contributed by atoms with Crippen LogP contribution in [0.1, 0.15) is 65.2 Å². The molecular formula is C27H57N3O3. The molecule has 0 aromatic rings.